The minimum absolute atomic E-state index is 0.209. The maximum absolute atomic E-state index is 11.5. The molecule has 1 radical (unpaired) electrons. The Morgan fingerprint density at radius 2 is 2.08 bits per heavy atom. The Morgan fingerprint density at radius 3 is 2.58 bits per heavy atom. The van der Waals surface area contributed by atoms with Crippen LogP contribution in [0.3, 0.4) is 0 Å². The summed E-state index contributed by atoms with van der Waals surface area (Å²) in [5.41, 5.74) is 5.23. The number of amides is 2. The van der Waals surface area contributed by atoms with Gasteiger partial charge in [-0.2, -0.15) is 0 Å². The summed E-state index contributed by atoms with van der Waals surface area (Å²) in [6.07, 6.45) is 1.06. The Morgan fingerprint density at radius 1 is 1.42 bits per heavy atom. The van der Waals surface area contributed by atoms with E-state index in [2.05, 4.69) is 10.9 Å². The Balaban J connectivity index is 3.28. The van der Waals surface area contributed by atoms with E-state index < -0.39 is 12.6 Å². The van der Waals surface area contributed by atoms with Crippen LogP contribution in [0.15, 0.2) is 0 Å². The third-order valence-electron chi connectivity index (χ3n) is 1.13. The first-order valence-electron chi connectivity index (χ1n) is 3.73. The molecule has 0 saturated carbocycles. The molecule has 5 heteroatoms. The van der Waals surface area contributed by atoms with Crippen molar-refractivity contribution in [1.82, 2.24) is 10.9 Å². The molecule has 0 aliphatic rings. The molecule has 1 N–H and O–H groups in total. The summed E-state index contributed by atoms with van der Waals surface area (Å²) in [6, 6.07) is 0. The Kier molecular flexibility index (Phi) is 5.95. The van der Waals surface area contributed by atoms with Gasteiger partial charge in [-0.25, -0.2) is 5.43 Å². The molecule has 69 valence electrons. The van der Waals surface area contributed by atoms with Crippen LogP contribution in [0.25, 0.3) is 0 Å². The summed E-state index contributed by atoms with van der Waals surface area (Å²) in [7, 11) is 0. The fraction of sp³-hybridized carbons (Fsp3) is 0.714. The maximum Gasteiger partial charge on any atom is 0.259 e. The maximum atomic E-state index is 11.5. The van der Waals surface area contributed by atoms with E-state index in [0.29, 0.717) is 12.8 Å². The van der Waals surface area contributed by atoms with Crippen LogP contribution in [-0.2, 0) is 9.59 Å². The fourth-order valence-corrected chi connectivity index (χ4v) is 0.577. The highest BCUT2D eigenvalue weighted by molar-refractivity contribution is 5.80. The second-order valence-electron chi connectivity index (χ2n) is 2.31. The smallest absolute Gasteiger partial charge is 0.259 e. The van der Waals surface area contributed by atoms with E-state index in [-0.39, 0.29) is 12.3 Å². The lowest BCUT2D eigenvalue weighted by Crippen LogP contribution is -2.33. The van der Waals surface area contributed by atoms with Gasteiger partial charge in [0.1, 0.15) is 0 Å². The average molecular weight is 175 g/mol. The molecule has 0 aliphatic heterocycles. The van der Waals surface area contributed by atoms with Crippen molar-refractivity contribution in [2.24, 2.45) is 0 Å². The molecule has 0 aliphatic carbocycles. The van der Waals surface area contributed by atoms with Crippen LogP contribution < -0.4 is 10.9 Å². The third kappa shape index (κ3) is 6.98. The van der Waals surface area contributed by atoms with Crippen LogP contribution in [0.5, 0.6) is 0 Å². The topological polar surface area (TPSA) is 60.3 Å². The van der Waals surface area contributed by atoms with Crippen molar-refractivity contribution in [2.75, 3.05) is 6.67 Å². The molecule has 0 rings (SSSR count). The molecule has 12 heavy (non-hydrogen) atoms. The fourth-order valence-electron chi connectivity index (χ4n) is 0.577. The first-order chi connectivity index (χ1) is 5.66. The zero-order valence-electron chi connectivity index (χ0n) is 6.97. The van der Waals surface area contributed by atoms with Crippen molar-refractivity contribution < 1.29 is 14.0 Å². The monoisotopic (exact) mass is 175 g/mol. The van der Waals surface area contributed by atoms with Crippen LogP contribution in [-0.4, -0.2) is 18.5 Å². The molecular weight excluding hydrogens is 163 g/mol. The number of unbranched alkanes of at least 4 members (excludes halogenated alkanes) is 1. The lowest BCUT2D eigenvalue weighted by atomic mass is 10.2. The predicted molar refractivity (Wildman–Crippen MR) is 40.8 cm³/mol. The molecule has 0 aromatic heterocycles. The molecule has 0 saturated heterocycles. The molecule has 0 bridgehead atoms. The Labute approximate surface area is 70.5 Å². The van der Waals surface area contributed by atoms with Gasteiger partial charge in [0.2, 0.25) is 5.91 Å². The van der Waals surface area contributed by atoms with Gasteiger partial charge in [-0.15, -0.1) is 5.43 Å². The van der Waals surface area contributed by atoms with Crippen molar-refractivity contribution in [3.8, 4) is 0 Å². The highest BCUT2D eigenvalue weighted by Gasteiger charge is 2.01. The second-order valence-corrected chi connectivity index (χ2v) is 2.31. The van der Waals surface area contributed by atoms with Crippen molar-refractivity contribution in [2.45, 2.75) is 26.2 Å². The lowest BCUT2D eigenvalue weighted by molar-refractivity contribution is -0.128. The van der Waals surface area contributed by atoms with Crippen molar-refractivity contribution >= 4 is 11.8 Å². The minimum atomic E-state index is -0.450. The van der Waals surface area contributed by atoms with Gasteiger partial charge in [0.05, 0.1) is 6.67 Å². The first-order valence-corrected chi connectivity index (χ1v) is 3.73. The number of hydrogen-bond donors (Lipinski definition) is 1. The van der Waals surface area contributed by atoms with Crippen LogP contribution in [0.4, 0.5) is 4.39 Å². The van der Waals surface area contributed by atoms with Crippen molar-refractivity contribution in [3.05, 3.63) is 0 Å². The van der Waals surface area contributed by atoms with Gasteiger partial charge in [-0.05, 0) is 12.8 Å². The van der Waals surface area contributed by atoms with Gasteiger partial charge in [0.25, 0.3) is 5.91 Å². The molecule has 0 spiro atoms. The number of carbonyl (C=O) groups excluding carboxylic acids is 2. The van der Waals surface area contributed by atoms with Gasteiger partial charge >= 0.3 is 0 Å². The SMILES string of the molecule is CC(=O)[N]NC(=O)CCCCF. The zero-order valence-corrected chi connectivity index (χ0v) is 6.97. The number of alkyl halides is 1. The highest BCUT2D eigenvalue weighted by atomic mass is 19.1. The number of carbonyl (C=O) groups is 2. The van der Waals surface area contributed by atoms with Gasteiger partial charge in [0, 0.05) is 13.3 Å². The van der Waals surface area contributed by atoms with Crippen LogP contribution in [0, 0.1) is 0 Å². The quantitative estimate of drug-likeness (QED) is 0.493. The number of halogens is 1. The third-order valence-corrected chi connectivity index (χ3v) is 1.13. The number of rotatable bonds is 4. The largest absolute Gasteiger partial charge is 0.273 e. The normalized spacial score (nSPS) is 9.17. The average Bonchev–Trinajstić information content (AvgIpc) is 2.01. The van der Waals surface area contributed by atoms with E-state index in [1.807, 2.05) is 0 Å². The van der Waals surface area contributed by atoms with Crippen LogP contribution in [0.1, 0.15) is 26.2 Å². The summed E-state index contributed by atoms with van der Waals surface area (Å²) >= 11 is 0. The van der Waals surface area contributed by atoms with E-state index in [0.717, 1.165) is 0 Å². The van der Waals surface area contributed by atoms with E-state index in [1.54, 1.807) is 0 Å². The molecule has 0 aromatic carbocycles. The van der Waals surface area contributed by atoms with E-state index >= 15 is 0 Å². The predicted octanol–water partition coefficient (Wildman–Crippen LogP) is 0.308. The Bertz CT molecular complexity index is 161. The van der Waals surface area contributed by atoms with E-state index in [9.17, 15) is 14.0 Å². The van der Waals surface area contributed by atoms with Gasteiger partial charge in [0.15, 0.2) is 0 Å². The molecule has 0 atom stereocenters. The molecule has 0 unspecified atom stereocenters. The summed E-state index contributed by atoms with van der Waals surface area (Å²) < 4.78 is 11.5. The highest BCUT2D eigenvalue weighted by Crippen LogP contribution is 1.94. The summed E-state index contributed by atoms with van der Waals surface area (Å²) in [4.78, 5) is 21.0. The van der Waals surface area contributed by atoms with Gasteiger partial charge in [-0.1, -0.05) is 0 Å². The summed E-state index contributed by atoms with van der Waals surface area (Å²) in [5.74, 6) is -0.799. The van der Waals surface area contributed by atoms with Crippen molar-refractivity contribution in [3.63, 3.8) is 0 Å². The molecular formula is C7H12FN2O2. The standard InChI is InChI=1S/C7H12FN2O2/c1-6(11)9-10-7(12)4-2-3-5-8/h2-5H2,1H3,(H,10,12). The van der Waals surface area contributed by atoms with Crippen LogP contribution in [0.2, 0.25) is 0 Å². The van der Waals surface area contributed by atoms with Gasteiger partial charge < -0.3 is 0 Å². The van der Waals surface area contributed by atoms with Crippen LogP contribution >= 0.6 is 0 Å². The number of nitrogens with zero attached hydrogens (tertiary/aromatic N) is 1. The Hall–Kier alpha value is -1.13. The zero-order chi connectivity index (χ0) is 9.40. The van der Waals surface area contributed by atoms with E-state index in [1.165, 1.54) is 6.92 Å². The second kappa shape index (κ2) is 6.57. The molecule has 4 nitrogen and oxygen atoms in total. The summed E-state index contributed by atoms with van der Waals surface area (Å²) in [5, 5.41) is 0. The van der Waals surface area contributed by atoms with Gasteiger partial charge in [-0.3, -0.25) is 14.0 Å². The van der Waals surface area contributed by atoms with Crippen molar-refractivity contribution in [1.29, 1.82) is 0 Å². The number of hydrogen-bond acceptors (Lipinski definition) is 2. The molecule has 0 fully saturated rings. The molecule has 0 heterocycles. The number of nitrogens with one attached hydrogen (secondary N) is 1. The lowest BCUT2D eigenvalue weighted by Gasteiger charge is -2.00. The molecule has 0 aromatic rings. The minimum Gasteiger partial charge on any atom is -0.273 e. The first kappa shape index (κ1) is 10.9. The summed E-state index contributed by atoms with van der Waals surface area (Å²) in [6.45, 7) is 0.818. The molecule has 2 amide bonds. The van der Waals surface area contributed by atoms with E-state index in [4.69, 9.17) is 0 Å².